The molecule has 0 radical (unpaired) electrons. The van der Waals surface area contributed by atoms with Crippen LogP contribution >= 0.6 is 126 Å². The Morgan fingerprint density at radius 1 is 0.355 bits per heavy atom. The molecule has 0 unspecified atom stereocenters. The first-order valence-corrected chi connectivity index (χ1v) is 39.0. The van der Waals surface area contributed by atoms with Gasteiger partial charge in [0.1, 0.15) is 5.75 Å². The van der Waals surface area contributed by atoms with E-state index in [2.05, 4.69) is 157 Å². The molecule has 0 amide bonds. The summed E-state index contributed by atoms with van der Waals surface area (Å²) in [6, 6.07) is 55.6. The predicted molar refractivity (Wildman–Crippen MR) is 414 cm³/mol. The van der Waals surface area contributed by atoms with Crippen LogP contribution in [0.25, 0.3) is 81.7 Å². The molecule has 0 atom stereocenters. The molecule has 0 saturated heterocycles. The third-order valence-corrected chi connectivity index (χ3v) is 23.9. The molecule has 1 saturated carbocycles. The predicted octanol–water partition coefficient (Wildman–Crippen LogP) is 24.2. The van der Waals surface area contributed by atoms with Gasteiger partial charge in [0.25, 0.3) is 0 Å². The Bertz CT molecular complexity index is 4500. The molecule has 21 heteroatoms. The summed E-state index contributed by atoms with van der Waals surface area (Å²) < 4.78 is 15.9. The van der Waals surface area contributed by atoms with Gasteiger partial charge in [0, 0.05) is 17.1 Å². The number of benzene rings is 8. The van der Waals surface area contributed by atoms with Crippen molar-refractivity contribution in [3.05, 3.63) is 216 Å². The van der Waals surface area contributed by atoms with Gasteiger partial charge in [-0.05, 0) is 213 Å². The molecule has 0 bridgehead atoms. The van der Waals surface area contributed by atoms with Crippen molar-refractivity contribution in [3.63, 3.8) is 0 Å². The summed E-state index contributed by atoms with van der Waals surface area (Å²) in [5, 5.41) is 16.5. The van der Waals surface area contributed by atoms with Gasteiger partial charge >= 0.3 is 0 Å². The normalized spacial score (nSPS) is 11.9. The highest BCUT2D eigenvalue weighted by Gasteiger charge is 2.14. The summed E-state index contributed by atoms with van der Waals surface area (Å²) in [5.74, 6) is 0.280. The van der Waals surface area contributed by atoms with Crippen LogP contribution in [0.3, 0.4) is 0 Å². The Labute approximate surface area is 588 Å². The molecule has 476 valence electrons. The number of para-hydroxylation sites is 3. The van der Waals surface area contributed by atoms with Gasteiger partial charge in [-0.25, -0.2) is 39.9 Å². The Kier molecular flexibility index (Phi) is 25.3. The topological polar surface area (TPSA) is 135 Å². The Morgan fingerprint density at radius 2 is 0.710 bits per heavy atom. The molecule has 0 aliphatic heterocycles. The lowest BCUT2D eigenvalue weighted by Gasteiger charge is -2.21. The second-order valence-electron chi connectivity index (χ2n) is 21.7. The van der Waals surface area contributed by atoms with E-state index in [1.54, 1.807) is 127 Å². The first-order valence-electron chi connectivity index (χ1n) is 30.1. The number of aromatic nitrogens is 8. The molecule has 2 N–H and O–H groups in total. The van der Waals surface area contributed by atoms with E-state index >= 15 is 0 Å². The van der Waals surface area contributed by atoms with Gasteiger partial charge in [0.05, 0.1) is 112 Å². The Morgan fingerprint density at radius 3 is 1.19 bits per heavy atom. The van der Waals surface area contributed by atoms with E-state index in [9.17, 15) is 0 Å². The maximum Gasteiger partial charge on any atom is 0.166 e. The number of hydrogen-bond donors (Lipinski definition) is 2. The van der Waals surface area contributed by atoms with Gasteiger partial charge in [0.2, 0.25) is 0 Å². The summed E-state index contributed by atoms with van der Waals surface area (Å²) in [6.07, 6.45) is 8.84. The fraction of sp³-hybridized carbons (Fsp3) is 0.222. The molecule has 1 aliphatic carbocycles. The van der Waals surface area contributed by atoms with E-state index in [1.165, 1.54) is 81.7 Å². The van der Waals surface area contributed by atoms with Gasteiger partial charge in [-0.3, -0.25) is 4.72 Å². The van der Waals surface area contributed by atoms with E-state index in [0.29, 0.717) is 6.04 Å². The number of nitrogens with zero attached hydrogens (tertiary/aromatic N) is 8. The van der Waals surface area contributed by atoms with Gasteiger partial charge in [-0.2, -0.15) is 0 Å². The van der Waals surface area contributed by atoms with E-state index in [0.717, 1.165) is 92.6 Å². The second kappa shape index (κ2) is 33.8. The number of phenols is 1. The van der Waals surface area contributed by atoms with Crippen molar-refractivity contribution in [1.29, 1.82) is 0 Å². The van der Waals surface area contributed by atoms with E-state index in [4.69, 9.17) is 16.7 Å². The Hall–Kier alpha value is -6.37. The molecule has 93 heavy (non-hydrogen) atoms. The van der Waals surface area contributed by atoms with Gasteiger partial charge in [-0.1, -0.05) is 97.2 Å². The number of hydrogen-bond acceptors (Lipinski definition) is 20. The molecular weight excluding hydrogens is 1360 g/mol. The molecule has 8 aromatic heterocycles. The van der Waals surface area contributed by atoms with Crippen LogP contribution in [0.4, 0.5) is 0 Å². The van der Waals surface area contributed by atoms with Crippen LogP contribution in [0.2, 0.25) is 5.02 Å². The number of nitrogens with one attached hydrogen (secondary N) is 1. The molecule has 10 nitrogen and oxygen atoms in total. The van der Waals surface area contributed by atoms with Gasteiger partial charge in [0.15, 0.2) is 8.68 Å². The molecule has 8 aromatic carbocycles. The fourth-order valence-corrected chi connectivity index (χ4v) is 18.2. The third-order valence-electron chi connectivity index (χ3n) is 13.9. The molecular formula is C72H70ClN9OS10. The lowest BCUT2D eigenvalue weighted by molar-refractivity contribution is 0.423. The lowest BCUT2D eigenvalue weighted by Crippen LogP contribution is -2.25. The first-order chi connectivity index (χ1) is 44.9. The highest BCUT2D eigenvalue weighted by molar-refractivity contribution is 8.00. The largest absolute Gasteiger partial charge is 0.508 e. The minimum atomic E-state index is 0.280. The average molecular weight is 1430 g/mol. The number of thioether (sulfide) groups is 1. The van der Waals surface area contributed by atoms with E-state index in [1.807, 2.05) is 108 Å². The zero-order chi connectivity index (χ0) is 65.4. The number of thiazole rings is 8. The number of phenolic OH excluding ortho intramolecular Hbond substituents is 1. The van der Waals surface area contributed by atoms with Gasteiger partial charge in [-0.15, -0.1) is 90.7 Å². The number of aryl methyl sites for hydroxylation is 9. The summed E-state index contributed by atoms with van der Waals surface area (Å²) in [5.41, 5.74) is 12.5. The molecule has 17 rings (SSSR count). The maximum absolute atomic E-state index is 9.10. The van der Waals surface area contributed by atoms with Crippen LogP contribution in [-0.2, 0) is 0 Å². The monoisotopic (exact) mass is 1430 g/mol. The fourth-order valence-electron chi connectivity index (χ4n) is 9.67. The summed E-state index contributed by atoms with van der Waals surface area (Å²) >= 11 is 23.1. The summed E-state index contributed by atoms with van der Waals surface area (Å²) in [6.45, 7) is 18.4. The van der Waals surface area contributed by atoms with Crippen LogP contribution in [0.1, 0.15) is 78.8 Å². The quantitative estimate of drug-likeness (QED) is 0.128. The van der Waals surface area contributed by atoms with Crippen molar-refractivity contribution in [1.82, 2.24) is 44.6 Å². The lowest BCUT2D eigenvalue weighted by atomic mass is 9.96. The van der Waals surface area contributed by atoms with Crippen LogP contribution in [-0.4, -0.2) is 57.3 Å². The molecule has 1 fully saturated rings. The van der Waals surface area contributed by atoms with Crippen molar-refractivity contribution < 1.29 is 5.11 Å². The maximum atomic E-state index is 9.10. The smallest absolute Gasteiger partial charge is 0.166 e. The van der Waals surface area contributed by atoms with Crippen LogP contribution < -0.4 is 4.72 Å². The minimum absolute atomic E-state index is 0.280. The Balaban J connectivity index is 0.000000117. The van der Waals surface area contributed by atoms with Crippen molar-refractivity contribution in [2.45, 2.75) is 109 Å². The SMILES string of the molecule is CSc1nc2ccccc2s1.Cc1ccc2nc(C)sc2c1.Cc1ccc2sc(C)nc2c1.Cc1ccc2sc(C)nc2c1.Cc1nc2cc(Cl)ccc2s1.Cc1nc2cc(O)ccc2s1.Cc1nc2ccccc2s1.c1ccc2sc(SNC3CCCCC3)nc2c1. The second-order valence-corrected chi connectivity index (χ2v) is 33.7. The number of rotatable bonds is 4. The third kappa shape index (κ3) is 20.6. The van der Waals surface area contributed by atoms with E-state index < -0.39 is 0 Å². The average Bonchev–Trinajstić information content (AvgIpc) is 2.07. The molecule has 8 heterocycles. The summed E-state index contributed by atoms with van der Waals surface area (Å²) in [7, 11) is 0. The number of halogens is 1. The minimum Gasteiger partial charge on any atom is -0.508 e. The summed E-state index contributed by atoms with van der Waals surface area (Å²) in [4.78, 5) is 35.1. The van der Waals surface area contributed by atoms with Crippen molar-refractivity contribution in [3.8, 4) is 5.75 Å². The molecule has 16 aromatic rings. The van der Waals surface area contributed by atoms with Crippen molar-refractivity contribution in [2.24, 2.45) is 0 Å². The molecule has 1 aliphatic rings. The van der Waals surface area contributed by atoms with Gasteiger partial charge < -0.3 is 5.11 Å². The molecule has 0 spiro atoms. The first kappa shape index (κ1) is 69.5. The number of aromatic hydroxyl groups is 1. The number of fused-ring (bicyclic) bond motifs is 8. The highest BCUT2D eigenvalue weighted by Crippen LogP contribution is 2.32. The van der Waals surface area contributed by atoms with Crippen LogP contribution in [0.5, 0.6) is 5.75 Å². The van der Waals surface area contributed by atoms with E-state index in [-0.39, 0.29) is 5.75 Å². The van der Waals surface area contributed by atoms with Crippen LogP contribution in [0, 0.1) is 62.3 Å². The zero-order valence-corrected chi connectivity index (χ0v) is 62.1. The highest BCUT2D eigenvalue weighted by atomic mass is 35.5. The van der Waals surface area contributed by atoms with Crippen molar-refractivity contribution >= 4 is 208 Å². The van der Waals surface area contributed by atoms with Crippen molar-refractivity contribution in [2.75, 3.05) is 6.26 Å². The standard InChI is InChI=1S/C13H16N2S2.3C9H9NS.C8H6ClNS.C8H7NOS.C8H7NS2.C8H7NS/c1-2-6-10(7-3-1)15-17-13-14-11-8-4-5-9-12(11)16-13;2*1-6-3-4-9-8(5-6)10-7(2)11-9;1-6-3-4-8-9(5-6)11-7(2)10-8;1-5-10-7-4-6(9)2-3-8(7)11-5;1-5-9-7-4-6(10)2-3-8(7)11-5;1-10-8-9-6-4-2-3-5-7(6)11-8;1-6-9-7-4-2-3-5-8(7)10-6/h4-5,8-10,15H,1-3,6-7H2;3*3-5H,1-2H3;2-4H,1H3;2-4,10H,1H3;2-5H,1H3;2-5H,1H3. The zero-order valence-electron chi connectivity index (χ0n) is 53.2. The van der Waals surface area contributed by atoms with Crippen LogP contribution in [0.15, 0.2) is 172 Å².